The lowest BCUT2D eigenvalue weighted by atomic mass is 9.65. The molecule has 1 atom stereocenters. The number of ether oxygens (including phenoxy) is 2. The Morgan fingerprint density at radius 1 is 0.224 bits per heavy atom. The lowest BCUT2D eigenvalue weighted by Gasteiger charge is -2.39. The van der Waals surface area contributed by atoms with E-state index in [9.17, 15) is 0 Å². The summed E-state index contributed by atoms with van der Waals surface area (Å²) in [6, 6.07) is 121. The minimum absolute atomic E-state index is 0.499. The predicted molar refractivity (Wildman–Crippen MR) is 428 cm³/mol. The SMILES string of the molecule is c1ccc(-c2nc(-c3ccc4c(c3)sc3cc(-c5cccc6c5-c5ccccc5C65c6ccccc6Oc6ccc(-c7ccccc7-c7nc(-c8ccccc8)nc(-c8ccccn8)n7)cc65)ccc34)nc(-c3ccccc3-c3ccc4c(c3)C3(c5ccccc5O4)c4ccccc4-c4ccccc43)n2)cc1. The topological polar surface area (TPSA) is 109 Å². The first kappa shape index (κ1) is 60.6. The maximum Gasteiger partial charge on any atom is 0.182 e. The highest BCUT2D eigenvalue weighted by Crippen LogP contribution is 2.65. The van der Waals surface area contributed by atoms with E-state index in [1.54, 1.807) is 17.5 Å². The molecular formula is C97H57N7O2S. The highest BCUT2D eigenvalue weighted by Gasteiger charge is 2.53. The standard InChI is InChI=1S/C97H57N7O2S/c1-3-24-58(25-4-1)90-99-92(102-93(100-90)71-32-9-7-28-64(71)60-47-51-85-80(54-60)96(77-39-17-19-43-83(77)105-85)74-36-14-11-30-67(74)68-31-12-15-37-75(68)96)63-46-50-70-69-49-45-62(56-87(69)107-88(70)57-63)66-35-23-41-79-89(66)73-34-13-16-38-76(73)97(79)78-40-18-20-44-84(78)106-86-52-48-61(55-81(86)97)65-29-8-10-33-72(65)94-101-91(59-26-5-2-6-27-59)103-95(104-94)82-42-21-22-53-98-82/h1-57H. The summed E-state index contributed by atoms with van der Waals surface area (Å²) in [5, 5.41) is 2.36. The Balaban J connectivity index is 0.654. The van der Waals surface area contributed by atoms with E-state index in [0.717, 1.165) is 111 Å². The third kappa shape index (κ3) is 9.19. The van der Waals surface area contributed by atoms with Crippen LogP contribution in [0.1, 0.15) is 44.5 Å². The number of para-hydroxylation sites is 2. The van der Waals surface area contributed by atoms with E-state index in [4.69, 9.17) is 39.4 Å². The molecule has 0 saturated carbocycles. The van der Waals surface area contributed by atoms with Gasteiger partial charge in [0.1, 0.15) is 28.7 Å². The Morgan fingerprint density at radius 3 is 1.15 bits per heavy atom. The van der Waals surface area contributed by atoms with E-state index in [1.165, 1.54) is 60.0 Å². The van der Waals surface area contributed by atoms with Crippen LogP contribution in [0, 0.1) is 0 Å². The Labute approximate surface area is 620 Å². The summed E-state index contributed by atoms with van der Waals surface area (Å²) in [6.45, 7) is 0. The van der Waals surface area contributed by atoms with Gasteiger partial charge >= 0.3 is 0 Å². The third-order valence-electron chi connectivity index (χ3n) is 22.0. The smallest absolute Gasteiger partial charge is 0.182 e. The molecule has 0 N–H and O–H groups in total. The van der Waals surface area contributed by atoms with Crippen LogP contribution in [0.25, 0.3) is 144 Å². The number of pyridine rings is 1. The number of aromatic nitrogens is 7. The quantitative estimate of drug-likeness (QED) is 0.140. The van der Waals surface area contributed by atoms with E-state index in [1.807, 2.05) is 72.8 Å². The molecule has 2 aliphatic carbocycles. The third-order valence-corrected chi connectivity index (χ3v) is 23.2. The molecule has 14 aromatic carbocycles. The maximum atomic E-state index is 7.03. The number of fused-ring (bicyclic) bond motifs is 21. The van der Waals surface area contributed by atoms with Gasteiger partial charge in [-0.25, -0.2) is 29.9 Å². The van der Waals surface area contributed by atoms with Crippen molar-refractivity contribution >= 4 is 31.5 Å². The Kier molecular flexibility index (Phi) is 13.5. The number of rotatable bonds is 9. The summed E-state index contributed by atoms with van der Waals surface area (Å²) in [5.74, 6) is 6.70. The molecule has 9 nitrogen and oxygen atoms in total. The lowest BCUT2D eigenvalue weighted by Crippen LogP contribution is -2.32. The van der Waals surface area contributed by atoms with E-state index in [2.05, 4.69) is 272 Å². The summed E-state index contributed by atoms with van der Waals surface area (Å²) in [7, 11) is 0. The maximum absolute atomic E-state index is 7.03. The molecule has 4 aromatic heterocycles. The second kappa shape index (κ2) is 23.8. The van der Waals surface area contributed by atoms with Crippen molar-refractivity contribution in [1.29, 1.82) is 0 Å². The van der Waals surface area contributed by atoms with Gasteiger partial charge < -0.3 is 9.47 Å². The molecule has 10 heteroatoms. The first-order chi connectivity index (χ1) is 53.0. The summed E-state index contributed by atoms with van der Waals surface area (Å²) in [4.78, 5) is 36.2. The molecule has 0 fully saturated rings. The Hall–Kier alpha value is -13.9. The van der Waals surface area contributed by atoms with Gasteiger partial charge in [0.05, 0.1) is 10.8 Å². The summed E-state index contributed by atoms with van der Waals surface area (Å²) in [6.07, 6.45) is 1.77. The van der Waals surface area contributed by atoms with Gasteiger partial charge in [-0.1, -0.05) is 279 Å². The van der Waals surface area contributed by atoms with E-state index < -0.39 is 10.8 Å². The van der Waals surface area contributed by atoms with Crippen LogP contribution in [0.5, 0.6) is 23.0 Å². The normalized spacial score (nSPS) is 14.2. The zero-order valence-electron chi connectivity index (χ0n) is 57.3. The van der Waals surface area contributed by atoms with Gasteiger partial charge in [-0.3, -0.25) is 4.98 Å². The minimum Gasteiger partial charge on any atom is -0.457 e. The molecule has 0 radical (unpaired) electrons. The van der Waals surface area contributed by atoms with Gasteiger partial charge in [0.25, 0.3) is 0 Å². The number of benzene rings is 14. The van der Waals surface area contributed by atoms with Gasteiger partial charge in [-0.2, -0.15) is 0 Å². The van der Waals surface area contributed by atoms with Crippen molar-refractivity contribution in [3.8, 4) is 147 Å². The first-order valence-corrected chi connectivity index (χ1v) is 36.8. The molecule has 0 bridgehead atoms. The van der Waals surface area contributed by atoms with Crippen LogP contribution in [0.2, 0.25) is 0 Å². The van der Waals surface area contributed by atoms with Gasteiger partial charge in [0, 0.05) is 76.4 Å². The molecule has 2 spiro atoms. The molecule has 18 aromatic rings. The second-order valence-electron chi connectivity index (χ2n) is 27.7. The Bertz CT molecular complexity index is 6630. The van der Waals surface area contributed by atoms with Crippen LogP contribution in [-0.2, 0) is 10.8 Å². The molecule has 4 aliphatic rings. The molecular weight excluding hydrogens is 1330 g/mol. The highest BCUT2D eigenvalue weighted by atomic mass is 32.1. The van der Waals surface area contributed by atoms with E-state index >= 15 is 0 Å². The van der Waals surface area contributed by atoms with Crippen molar-refractivity contribution in [2.45, 2.75) is 10.8 Å². The molecule has 2 aliphatic heterocycles. The lowest BCUT2D eigenvalue weighted by molar-refractivity contribution is 0.436. The van der Waals surface area contributed by atoms with Crippen LogP contribution >= 0.6 is 11.3 Å². The van der Waals surface area contributed by atoms with Crippen LogP contribution in [0.4, 0.5) is 0 Å². The molecule has 498 valence electrons. The zero-order valence-corrected chi connectivity index (χ0v) is 58.1. The number of nitrogens with zero attached hydrogens (tertiary/aromatic N) is 7. The minimum atomic E-state index is -0.768. The van der Waals surface area contributed by atoms with Crippen molar-refractivity contribution < 1.29 is 9.47 Å². The van der Waals surface area contributed by atoms with Crippen LogP contribution in [-0.4, -0.2) is 34.9 Å². The molecule has 0 amide bonds. The average Bonchev–Trinajstić information content (AvgIpc) is 1.55. The molecule has 107 heavy (non-hydrogen) atoms. The van der Waals surface area contributed by atoms with Gasteiger partial charge in [-0.15, -0.1) is 11.3 Å². The fourth-order valence-corrected chi connectivity index (χ4v) is 18.7. The van der Waals surface area contributed by atoms with E-state index in [0.29, 0.717) is 40.6 Å². The van der Waals surface area contributed by atoms with E-state index in [-0.39, 0.29) is 0 Å². The summed E-state index contributed by atoms with van der Waals surface area (Å²) in [5.41, 5.74) is 24.1. The average molecular weight is 1380 g/mol. The number of hydrogen-bond acceptors (Lipinski definition) is 10. The largest absolute Gasteiger partial charge is 0.457 e. The van der Waals surface area contributed by atoms with Gasteiger partial charge in [0.2, 0.25) is 0 Å². The van der Waals surface area contributed by atoms with Crippen molar-refractivity contribution in [1.82, 2.24) is 34.9 Å². The van der Waals surface area contributed by atoms with Crippen molar-refractivity contribution in [3.05, 3.63) is 390 Å². The molecule has 0 saturated heterocycles. The Morgan fingerprint density at radius 2 is 0.598 bits per heavy atom. The summed E-state index contributed by atoms with van der Waals surface area (Å²) < 4.78 is 16.2. The predicted octanol–water partition coefficient (Wildman–Crippen LogP) is 23.8. The highest BCUT2D eigenvalue weighted by molar-refractivity contribution is 7.25. The van der Waals surface area contributed by atoms with Crippen molar-refractivity contribution in [2.24, 2.45) is 0 Å². The van der Waals surface area contributed by atoms with Crippen molar-refractivity contribution in [2.75, 3.05) is 0 Å². The monoisotopic (exact) mass is 1380 g/mol. The number of hydrogen-bond donors (Lipinski definition) is 0. The molecule has 1 unspecified atom stereocenters. The van der Waals surface area contributed by atoms with Crippen LogP contribution in [0.3, 0.4) is 0 Å². The molecule has 6 heterocycles. The zero-order chi connectivity index (χ0) is 70.3. The fourth-order valence-electron chi connectivity index (χ4n) is 17.5. The second-order valence-corrected chi connectivity index (χ2v) is 28.7. The fraction of sp³-hybridized carbons (Fsp3) is 0.0206. The summed E-state index contributed by atoms with van der Waals surface area (Å²) >= 11 is 1.79. The number of thiophene rings is 1. The van der Waals surface area contributed by atoms with Gasteiger partial charge in [0.15, 0.2) is 34.9 Å². The first-order valence-electron chi connectivity index (χ1n) is 36.0. The molecule has 22 rings (SSSR count). The van der Waals surface area contributed by atoms with Crippen LogP contribution < -0.4 is 9.47 Å². The van der Waals surface area contributed by atoms with Gasteiger partial charge in [-0.05, 0) is 139 Å². The van der Waals surface area contributed by atoms with Crippen LogP contribution in [0.15, 0.2) is 346 Å². The van der Waals surface area contributed by atoms with Crippen molar-refractivity contribution in [3.63, 3.8) is 0 Å².